The normalized spacial score (nSPS) is 16.7. The van der Waals surface area contributed by atoms with Gasteiger partial charge in [0.2, 0.25) is 0 Å². The summed E-state index contributed by atoms with van der Waals surface area (Å²) in [7, 11) is 0. The molecular formula is C22H17F3N2O4S. The fourth-order valence-electron chi connectivity index (χ4n) is 3.67. The van der Waals surface area contributed by atoms with Crippen LogP contribution in [0.5, 0.6) is 5.75 Å². The number of thiazole rings is 1. The second kappa shape index (κ2) is 8.10. The second-order valence-corrected chi connectivity index (χ2v) is 8.38. The number of furan rings is 1. The maximum atomic E-state index is 13.4. The number of rotatable bonds is 5. The van der Waals surface area contributed by atoms with Crippen LogP contribution >= 0.6 is 11.3 Å². The van der Waals surface area contributed by atoms with E-state index in [-0.39, 0.29) is 30.1 Å². The quantitative estimate of drug-likeness (QED) is 0.377. The lowest BCUT2D eigenvalue weighted by Gasteiger charge is -2.22. The molecule has 0 N–H and O–H groups in total. The molecule has 1 aliphatic rings. The van der Waals surface area contributed by atoms with Crippen LogP contribution in [0, 0.1) is 0 Å². The molecule has 1 unspecified atom stereocenters. The van der Waals surface area contributed by atoms with Crippen molar-refractivity contribution in [3.63, 3.8) is 0 Å². The molecule has 166 valence electrons. The number of carbonyl (C=O) groups excluding carboxylic acids is 1. The fraction of sp³-hybridized carbons (Fsp3) is 0.273. The van der Waals surface area contributed by atoms with Crippen molar-refractivity contribution >= 4 is 43.6 Å². The third kappa shape index (κ3) is 4.28. The molecule has 2 aromatic carbocycles. The monoisotopic (exact) mass is 462 g/mol. The number of aromatic nitrogens is 1. The molecule has 0 radical (unpaired) electrons. The first-order chi connectivity index (χ1) is 15.4. The summed E-state index contributed by atoms with van der Waals surface area (Å²) in [6, 6.07) is 12.9. The maximum absolute atomic E-state index is 13.4. The van der Waals surface area contributed by atoms with E-state index in [0.29, 0.717) is 27.5 Å². The molecule has 0 spiro atoms. The van der Waals surface area contributed by atoms with E-state index in [0.717, 1.165) is 29.6 Å². The van der Waals surface area contributed by atoms with Crippen molar-refractivity contribution in [2.24, 2.45) is 0 Å². The summed E-state index contributed by atoms with van der Waals surface area (Å²) in [6.45, 7) is 0.886. The molecule has 32 heavy (non-hydrogen) atoms. The number of halogens is 3. The topological polar surface area (TPSA) is 64.8 Å². The van der Waals surface area contributed by atoms with Gasteiger partial charge in [0.25, 0.3) is 5.91 Å². The van der Waals surface area contributed by atoms with Gasteiger partial charge in [0, 0.05) is 18.1 Å². The van der Waals surface area contributed by atoms with E-state index in [4.69, 9.17) is 9.15 Å². The van der Waals surface area contributed by atoms with E-state index in [1.54, 1.807) is 12.1 Å². The minimum atomic E-state index is -4.79. The zero-order valence-corrected chi connectivity index (χ0v) is 17.4. The number of benzene rings is 2. The van der Waals surface area contributed by atoms with Crippen LogP contribution in [0.15, 0.2) is 52.9 Å². The molecule has 1 fully saturated rings. The van der Waals surface area contributed by atoms with Gasteiger partial charge in [-0.05, 0) is 37.1 Å². The highest BCUT2D eigenvalue weighted by molar-refractivity contribution is 7.22. The van der Waals surface area contributed by atoms with Crippen LogP contribution in [0.4, 0.5) is 18.3 Å². The standard InChI is InChI=1S/C22H17F3N2O4S/c23-22(24,25)31-14-7-8-16-19(11-14)32-21(26-16)27(12-15-5-3-9-29-15)20(28)18-10-13-4-1-2-6-17(13)30-18/h1-2,4,6-8,10-11,15H,3,5,9,12H2. The summed E-state index contributed by atoms with van der Waals surface area (Å²) < 4.78 is 53.6. The van der Waals surface area contributed by atoms with Crippen LogP contribution in [0.25, 0.3) is 21.2 Å². The molecule has 1 amide bonds. The van der Waals surface area contributed by atoms with Crippen molar-refractivity contribution in [3.05, 3.63) is 54.3 Å². The summed E-state index contributed by atoms with van der Waals surface area (Å²) in [5.74, 6) is -0.568. The highest BCUT2D eigenvalue weighted by Crippen LogP contribution is 2.35. The molecule has 2 aromatic heterocycles. The average Bonchev–Trinajstić information content (AvgIpc) is 3.48. The lowest BCUT2D eigenvalue weighted by atomic mass is 10.2. The number of ether oxygens (including phenoxy) is 2. The largest absolute Gasteiger partial charge is 0.573 e. The van der Waals surface area contributed by atoms with Crippen LogP contribution in [0.2, 0.25) is 0 Å². The number of amides is 1. The van der Waals surface area contributed by atoms with Crippen LogP contribution in [-0.4, -0.2) is 36.5 Å². The Kier molecular flexibility index (Phi) is 5.26. The molecule has 1 saturated heterocycles. The number of para-hydroxylation sites is 1. The third-order valence-corrected chi connectivity index (χ3v) is 6.15. The first-order valence-electron chi connectivity index (χ1n) is 9.94. The van der Waals surface area contributed by atoms with Gasteiger partial charge in [0.05, 0.1) is 22.9 Å². The second-order valence-electron chi connectivity index (χ2n) is 7.37. The summed E-state index contributed by atoms with van der Waals surface area (Å²) in [5, 5.41) is 1.15. The van der Waals surface area contributed by atoms with E-state index in [9.17, 15) is 18.0 Å². The van der Waals surface area contributed by atoms with E-state index < -0.39 is 6.36 Å². The average molecular weight is 462 g/mol. The highest BCUT2D eigenvalue weighted by atomic mass is 32.1. The van der Waals surface area contributed by atoms with Gasteiger partial charge in [0.15, 0.2) is 10.9 Å². The summed E-state index contributed by atoms with van der Waals surface area (Å²) >= 11 is 1.11. The minimum Gasteiger partial charge on any atom is -0.451 e. The van der Waals surface area contributed by atoms with Crippen LogP contribution < -0.4 is 9.64 Å². The van der Waals surface area contributed by atoms with Gasteiger partial charge >= 0.3 is 6.36 Å². The lowest BCUT2D eigenvalue weighted by Crippen LogP contribution is -2.37. The SMILES string of the molecule is O=C(c1cc2ccccc2o1)N(CC1CCCO1)c1nc2ccc(OC(F)(F)F)cc2s1. The smallest absolute Gasteiger partial charge is 0.451 e. The Hall–Kier alpha value is -3.11. The van der Waals surface area contributed by atoms with Crippen molar-refractivity contribution in [1.82, 2.24) is 4.98 Å². The Morgan fingerprint density at radius 3 is 2.81 bits per heavy atom. The first kappa shape index (κ1) is 20.8. The molecule has 10 heteroatoms. The van der Waals surface area contributed by atoms with Gasteiger partial charge < -0.3 is 13.9 Å². The molecular weight excluding hydrogens is 445 g/mol. The molecule has 3 heterocycles. The summed E-state index contributed by atoms with van der Waals surface area (Å²) in [6.07, 6.45) is -3.24. The minimum absolute atomic E-state index is 0.153. The molecule has 1 atom stereocenters. The molecule has 0 bridgehead atoms. The van der Waals surface area contributed by atoms with Crippen LogP contribution in [0.3, 0.4) is 0 Å². The Labute approximate surface area is 184 Å². The maximum Gasteiger partial charge on any atom is 0.573 e. The Morgan fingerprint density at radius 1 is 1.22 bits per heavy atom. The fourth-order valence-corrected chi connectivity index (χ4v) is 4.67. The van der Waals surface area contributed by atoms with Gasteiger partial charge in [0.1, 0.15) is 11.3 Å². The molecule has 0 saturated carbocycles. The Balaban J connectivity index is 1.50. The number of anilines is 1. The zero-order valence-electron chi connectivity index (χ0n) is 16.6. The van der Waals surface area contributed by atoms with E-state index in [2.05, 4.69) is 9.72 Å². The van der Waals surface area contributed by atoms with Crippen molar-refractivity contribution < 1.29 is 31.9 Å². The number of alkyl halides is 3. The summed E-state index contributed by atoms with van der Waals surface area (Å²) in [5.41, 5.74) is 1.06. The molecule has 5 rings (SSSR count). The van der Waals surface area contributed by atoms with Crippen molar-refractivity contribution in [2.45, 2.75) is 25.3 Å². The van der Waals surface area contributed by atoms with Gasteiger partial charge in [-0.1, -0.05) is 29.5 Å². The van der Waals surface area contributed by atoms with Gasteiger partial charge in [-0.15, -0.1) is 13.2 Å². The summed E-state index contributed by atoms with van der Waals surface area (Å²) in [4.78, 5) is 19.4. The van der Waals surface area contributed by atoms with E-state index >= 15 is 0 Å². The molecule has 4 aromatic rings. The first-order valence-corrected chi connectivity index (χ1v) is 10.8. The van der Waals surface area contributed by atoms with Crippen molar-refractivity contribution in [3.8, 4) is 5.75 Å². The van der Waals surface area contributed by atoms with Crippen molar-refractivity contribution in [1.29, 1.82) is 0 Å². The van der Waals surface area contributed by atoms with Gasteiger partial charge in [-0.2, -0.15) is 0 Å². The molecule has 0 aliphatic carbocycles. The predicted octanol–water partition coefficient (Wildman–Crippen LogP) is 5.77. The highest BCUT2D eigenvalue weighted by Gasteiger charge is 2.32. The predicted molar refractivity (Wildman–Crippen MR) is 113 cm³/mol. The van der Waals surface area contributed by atoms with E-state index in [1.807, 2.05) is 18.2 Å². The van der Waals surface area contributed by atoms with Gasteiger partial charge in [-0.3, -0.25) is 9.69 Å². The third-order valence-electron chi connectivity index (χ3n) is 5.10. The van der Waals surface area contributed by atoms with Crippen LogP contribution in [0.1, 0.15) is 23.4 Å². The van der Waals surface area contributed by atoms with E-state index in [1.165, 1.54) is 23.1 Å². The number of fused-ring (bicyclic) bond motifs is 2. The number of nitrogens with zero attached hydrogens (tertiary/aromatic N) is 2. The van der Waals surface area contributed by atoms with Gasteiger partial charge in [-0.25, -0.2) is 4.98 Å². The Morgan fingerprint density at radius 2 is 2.06 bits per heavy atom. The lowest BCUT2D eigenvalue weighted by molar-refractivity contribution is -0.274. The number of carbonyl (C=O) groups is 1. The van der Waals surface area contributed by atoms with Crippen LogP contribution in [-0.2, 0) is 4.74 Å². The zero-order chi connectivity index (χ0) is 22.3. The number of hydrogen-bond donors (Lipinski definition) is 0. The van der Waals surface area contributed by atoms with Crippen molar-refractivity contribution in [2.75, 3.05) is 18.1 Å². The number of hydrogen-bond acceptors (Lipinski definition) is 6. The molecule has 1 aliphatic heterocycles. The molecule has 6 nitrogen and oxygen atoms in total. The Bertz CT molecular complexity index is 1240.